The molecule has 0 radical (unpaired) electrons. The third-order valence-electron chi connectivity index (χ3n) is 5.91. The van der Waals surface area contributed by atoms with Crippen molar-refractivity contribution in [2.75, 3.05) is 38.5 Å². The lowest BCUT2D eigenvalue weighted by Gasteiger charge is -2.18. The summed E-state index contributed by atoms with van der Waals surface area (Å²) in [6.45, 7) is 3.53. The van der Waals surface area contributed by atoms with Crippen molar-refractivity contribution in [3.8, 4) is 0 Å². The van der Waals surface area contributed by atoms with Crippen LogP contribution < -0.4 is 26.6 Å². The van der Waals surface area contributed by atoms with E-state index in [0.717, 1.165) is 63.4 Å². The van der Waals surface area contributed by atoms with Gasteiger partial charge in [-0.05, 0) is 49.9 Å². The first-order valence-corrected chi connectivity index (χ1v) is 11.6. The fourth-order valence-corrected chi connectivity index (χ4v) is 3.97. The van der Waals surface area contributed by atoms with Gasteiger partial charge in [-0.15, -0.1) is 0 Å². The van der Waals surface area contributed by atoms with Gasteiger partial charge < -0.3 is 21.1 Å². The Morgan fingerprint density at radius 3 is 2.61 bits per heavy atom. The van der Waals surface area contributed by atoms with Gasteiger partial charge >= 0.3 is 11.9 Å². The van der Waals surface area contributed by atoms with Crippen LogP contribution in [0.4, 0.5) is 5.69 Å². The molecule has 0 saturated carbocycles. The van der Waals surface area contributed by atoms with Crippen LogP contribution in [0, 0.1) is 0 Å². The molecule has 3 rings (SSSR count). The number of rotatable bonds is 11. The molecule has 2 amide bonds. The number of guanidine groups is 1. The van der Waals surface area contributed by atoms with Crippen LogP contribution in [0.3, 0.4) is 0 Å². The summed E-state index contributed by atoms with van der Waals surface area (Å²) in [5.41, 5.74) is 1.44. The minimum Gasteiger partial charge on any atom is -0.480 e. The Bertz CT molecular complexity index is 864. The lowest BCUT2D eigenvalue weighted by molar-refractivity contribution is -0.488. The molecule has 33 heavy (non-hydrogen) atoms. The van der Waals surface area contributed by atoms with E-state index in [9.17, 15) is 19.5 Å². The molecule has 2 unspecified atom stereocenters. The summed E-state index contributed by atoms with van der Waals surface area (Å²) in [4.78, 5) is 36.0. The van der Waals surface area contributed by atoms with E-state index in [4.69, 9.17) is 0 Å². The molecule has 0 bridgehead atoms. The van der Waals surface area contributed by atoms with Crippen molar-refractivity contribution in [3.05, 3.63) is 29.8 Å². The minimum absolute atomic E-state index is 0.0498. The van der Waals surface area contributed by atoms with Gasteiger partial charge in [-0.2, -0.15) is 0 Å². The number of nitrogens with zero attached hydrogens (tertiary/aromatic N) is 1. The second-order valence-corrected chi connectivity index (χ2v) is 8.58. The molecule has 1 saturated heterocycles. The number of benzene rings is 1. The number of carboxylic acids is 1. The van der Waals surface area contributed by atoms with Crippen LogP contribution in [0.1, 0.15) is 37.7 Å². The summed E-state index contributed by atoms with van der Waals surface area (Å²) in [5.74, 6) is -0.350. The number of anilines is 1. The van der Waals surface area contributed by atoms with Gasteiger partial charge in [0.1, 0.15) is 6.04 Å². The van der Waals surface area contributed by atoms with Crippen molar-refractivity contribution in [1.29, 1.82) is 0 Å². The van der Waals surface area contributed by atoms with Crippen molar-refractivity contribution in [2.24, 2.45) is 0 Å². The number of likely N-dealkylation sites (N-methyl/N-ethyl adjacent to an activating group) is 1. The van der Waals surface area contributed by atoms with Crippen LogP contribution in [0.25, 0.3) is 0 Å². The average molecular weight is 460 g/mol. The summed E-state index contributed by atoms with van der Waals surface area (Å²) in [6.07, 6.45) is 3.92. The highest BCUT2D eigenvalue weighted by Crippen LogP contribution is 2.13. The van der Waals surface area contributed by atoms with E-state index < -0.39 is 12.0 Å². The Morgan fingerprint density at radius 1 is 1.18 bits per heavy atom. The zero-order chi connectivity index (χ0) is 23.6. The number of carbonyl (C=O) groups excluding carboxylic acids is 2. The summed E-state index contributed by atoms with van der Waals surface area (Å²) in [7, 11) is 2.03. The first-order chi connectivity index (χ1) is 15.9. The van der Waals surface area contributed by atoms with Gasteiger partial charge in [0.25, 0.3) is 0 Å². The molecule has 1 aromatic carbocycles. The van der Waals surface area contributed by atoms with Gasteiger partial charge in [-0.3, -0.25) is 24.8 Å². The Balaban J connectivity index is 1.38. The number of amides is 2. The quantitative estimate of drug-likeness (QED) is 0.200. The van der Waals surface area contributed by atoms with Crippen LogP contribution in [-0.4, -0.2) is 78.7 Å². The molecule has 1 fully saturated rings. The number of carbonyl (C=O) groups is 3. The monoisotopic (exact) mass is 459 g/mol. The molecular weight excluding hydrogens is 424 g/mol. The van der Waals surface area contributed by atoms with Crippen molar-refractivity contribution < 1.29 is 24.1 Å². The topological polar surface area (TPSA) is 135 Å². The summed E-state index contributed by atoms with van der Waals surface area (Å²) in [5, 5.41) is 24.7. The molecule has 0 aromatic heterocycles. The zero-order valence-electron chi connectivity index (χ0n) is 19.2. The van der Waals surface area contributed by atoms with Crippen molar-refractivity contribution in [2.45, 2.75) is 50.6 Å². The molecule has 2 atom stereocenters. The SMILES string of the molecule is C[N+]1=C(NCCCCC(=O)Nc2ccc(CC(NC(=O)C3CCCN3)C(=O)O)cc2)NCC1. The Kier molecular flexibility index (Phi) is 9.05. The fraction of sp³-hybridized carbons (Fsp3) is 0.565. The predicted molar refractivity (Wildman–Crippen MR) is 125 cm³/mol. The van der Waals surface area contributed by atoms with Crippen molar-refractivity contribution >= 4 is 29.4 Å². The molecular formula is C23H35N6O4+. The maximum atomic E-state index is 12.2. The molecule has 0 aliphatic carbocycles. The van der Waals surface area contributed by atoms with E-state index in [-0.39, 0.29) is 24.3 Å². The molecule has 2 aliphatic rings. The van der Waals surface area contributed by atoms with E-state index >= 15 is 0 Å². The van der Waals surface area contributed by atoms with Crippen LogP contribution in [-0.2, 0) is 20.8 Å². The zero-order valence-corrected chi connectivity index (χ0v) is 19.2. The third kappa shape index (κ3) is 7.74. The molecule has 6 N–H and O–H groups in total. The van der Waals surface area contributed by atoms with E-state index in [1.807, 2.05) is 7.05 Å². The first-order valence-electron chi connectivity index (χ1n) is 11.6. The largest absolute Gasteiger partial charge is 0.480 e. The second kappa shape index (κ2) is 12.2. The molecule has 10 heteroatoms. The minimum atomic E-state index is -1.07. The number of unbranched alkanes of at least 4 members (excludes halogenated alkanes) is 1. The molecule has 10 nitrogen and oxygen atoms in total. The van der Waals surface area contributed by atoms with Crippen LogP contribution >= 0.6 is 0 Å². The van der Waals surface area contributed by atoms with E-state index in [1.54, 1.807) is 24.3 Å². The van der Waals surface area contributed by atoms with Crippen LogP contribution in [0.15, 0.2) is 24.3 Å². The van der Waals surface area contributed by atoms with Crippen molar-refractivity contribution in [1.82, 2.24) is 21.3 Å². The Labute approximate surface area is 194 Å². The number of hydrogen-bond acceptors (Lipinski definition) is 6. The van der Waals surface area contributed by atoms with Crippen LogP contribution in [0.2, 0.25) is 0 Å². The molecule has 180 valence electrons. The van der Waals surface area contributed by atoms with Crippen molar-refractivity contribution in [3.63, 3.8) is 0 Å². The van der Waals surface area contributed by atoms with Crippen LogP contribution in [0.5, 0.6) is 0 Å². The molecule has 2 aliphatic heterocycles. The Hall–Kier alpha value is -3.14. The number of nitrogens with one attached hydrogen (secondary N) is 5. The van der Waals surface area contributed by atoms with E-state index in [2.05, 4.69) is 31.2 Å². The van der Waals surface area contributed by atoms with E-state index in [1.165, 1.54) is 0 Å². The normalized spacial score (nSPS) is 18.5. The Morgan fingerprint density at radius 2 is 1.97 bits per heavy atom. The first kappa shape index (κ1) is 24.5. The lowest BCUT2D eigenvalue weighted by atomic mass is 10.0. The van der Waals surface area contributed by atoms with Gasteiger partial charge in [-0.25, -0.2) is 4.79 Å². The highest BCUT2D eigenvalue weighted by atomic mass is 16.4. The van der Waals surface area contributed by atoms with Gasteiger partial charge in [0.15, 0.2) is 0 Å². The standard InChI is InChI=1S/C23H34N6O4/c1-29-14-13-26-23(29)25-11-3-2-6-20(30)27-17-9-7-16(8-10-17)15-19(22(32)33)28-21(31)18-5-4-12-24-18/h7-10,18-19,24H,2-6,11-15H2,1H3,(H4,25,26,27,28,30,31,32,33)/p+1. The van der Waals surface area contributed by atoms with Gasteiger partial charge in [0.2, 0.25) is 11.8 Å². The molecule has 0 spiro atoms. The third-order valence-corrected chi connectivity index (χ3v) is 5.91. The van der Waals surface area contributed by atoms with Gasteiger partial charge in [0, 0.05) is 18.5 Å². The average Bonchev–Trinajstić information content (AvgIpc) is 3.46. The highest BCUT2D eigenvalue weighted by Gasteiger charge is 2.27. The van der Waals surface area contributed by atoms with E-state index in [0.29, 0.717) is 12.1 Å². The smallest absolute Gasteiger partial charge is 0.345 e. The van der Waals surface area contributed by atoms with Gasteiger partial charge in [-0.1, -0.05) is 12.1 Å². The maximum absolute atomic E-state index is 12.2. The second-order valence-electron chi connectivity index (χ2n) is 8.58. The molecule has 1 aromatic rings. The maximum Gasteiger partial charge on any atom is 0.345 e. The van der Waals surface area contributed by atoms with Gasteiger partial charge in [0.05, 0.1) is 32.7 Å². The molecule has 2 heterocycles. The number of aliphatic carboxylic acids is 1. The number of hydrogen-bond donors (Lipinski definition) is 6. The summed E-state index contributed by atoms with van der Waals surface area (Å²) >= 11 is 0. The summed E-state index contributed by atoms with van der Waals surface area (Å²) in [6, 6.07) is 5.75. The fourth-order valence-electron chi connectivity index (χ4n) is 3.97. The number of carboxylic acid groups (broad SMARTS) is 1. The lowest BCUT2D eigenvalue weighted by Crippen LogP contribution is -2.49. The summed E-state index contributed by atoms with van der Waals surface area (Å²) < 4.78 is 2.13. The predicted octanol–water partition coefficient (Wildman–Crippen LogP) is -0.150. The highest BCUT2D eigenvalue weighted by molar-refractivity contribution is 5.90.